The number of nitrogens with one attached hydrogen (secondary N) is 1. The van der Waals surface area contributed by atoms with Gasteiger partial charge >= 0.3 is 0 Å². The van der Waals surface area contributed by atoms with Crippen LogP contribution in [0.3, 0.4) is 0 Å². The molecule has 1 fully saturated rings. The second kappa shape index (κ2) is 5.19. The smallest absolute Gasteiger partial charge is 0.118 e. The van der Waals surface area contributed by atoms with E-state index in [0.717, 1.165) is 31.5 Å². The molecular weight excluding hydrogens is 218 g/mol. The molecule has 1 saturated heterocycles. The van der Waals surface area contributed by atoms with Gasteiger partial charge in [-0.1, -0.05) is 0 Å². The lowest BCUT2D eigenvalue weighted by Crippen LogP contribution is -3.10. The van der Waals surface area contributed by atoms with Gasteiger partial charge in [0, 0.05) is 30.8 Å². The Kier molecular flexibility index (Phi) is 3.64. The molecule has 1 atom stereocenters. The Morgan fingerprint density at radius 2 is 1.88 bits per heavy atom. The summed E-state index contributed by atoms with van der Waals surface area (Å²) in [5, 5.41) is 20.1. The Morgan fingerprint density at radius 3 is 2.41 bits per heavy atom. The van der Waals surface area contributed by atoms with Gasteiger partial charge in [0.2, 0.25) is 0 Å². The molecule has 1 aliphatic heterocycles. The summed E-state index contributed by atoms with van der Waals surface area (Å²) >= 11 is 0. The van der Waals surface area contributed by atoms with Crippen molar-refractivity contribution in [1.82, 2.24) is 0 Å². The molecule has 0 amide bonds. The van der Waals surface area contributed by atoms with Crippen molar-refractivity contribution in [1.29, 1.82) is 0 Å². The molecule has 1 heterocycles. The molecule has 4 nitrogen and oxygen atoms in total. The molecule has 92 valence electrons. The number of hydrogen-bond donors (Lipinski definition) is 2. The second-order valence-electron chi connectivity index (χ2n) is 4.59. The maximum absolute atomic E-state index is 10.8. The van der Waals surface area contributed by atoms with Crippen LogP contribution in [0.4, 0.5) is 0 Å². The Bertz CT molecular complexity index is 382. The largest absolute Gasteiger partial charge is 0.550 e. The quantitative estimate of drug-likeness (QED) is 0.722. The van der Waals surface area contributed by atoms with Crippen molar-refractivity contribution in [3.05, 3.63) is 29.8 Å². The van der Waals surface area contributed by atoms with Gasteiger partial charge in [0.05, 0.1) is 13.1 Å². The molecule has 1 aromatic carbocycles. The van der Waals surface area contributed by atoms with Crippen molar-refractivity contribution >= 4 is 5.97 Å². The molecule has 4 heteroatoms. The van der Waals surface area contributed by atoms with E-state index in [1.54, 1.807) is 24.3 Å². The predicted octanol–water partition coefficient (Wildman–Crippen LogP) is -0.748. The van der Waals surface area contributed by atoms with E-state index in [1.165, 1.54) is 4.90 Å². The van der Waals surface area contributed by atoms with Crippen molar-refractivity contribution in [3.8, 4) is 5.75 Å². The average Bonchev–Trinajstić information content (AvgIpc) is 2.80. The molecular formula is C13H17NO3. The molecule has 2 rings (SSSR count). The first-order valence-corrected chi connectivity index (χ1v) is 6.00. The fraction of sp³-hybridized carbons (Fsp3) is 0.462. The highest BCUT2D eigenvalue weighted by molar-refractivity contribution is 5.65. The van der Waals surface area contributed by atoms with E-state index in [1.807, 2.05) is 0 Å². The first-order valence-electron chi connectivity index (χ1n) is 6.00. The molecule has 0 radical (unpaired) electrons. The van der Waals surface area contributed by atoms with E-state index in [4.69, 9.17) is 0 Å². The standard InChI is InChI=1S/C13H17NO3/c15-11-5-3-10(4-6-11)12(9-13(16)17)14-7-1-2-8-14/h3-6,12,15H,1-2,7-9H2,(H,16,17)/t12-/m1/s1. The molecule has 0 saturated carbocycles. The Morgan fingerprint density at radius 1 is 1.29 bits per heavy atom. The number of carbonyl (C=O) groups is 1. The summed E-state index contributed by atoms with van der Waals surface area (Å²) in [6, 6.07) is 6.76. The molecule has 0 aromatic heterocycles. The average molecular weight is 235 g/mol. The minimum absolute atomic E-state index is 0.0418. The first kappa shape index (κ1) is 11.9. The van der Waals surface area contributed by atoms with Crippen LogP contribution in [-0.2, 0) is 4.79 Å². The van der Waals surface area contributed by atoms with Gasteiger partial charge in [-0.25, -0.2) is 0 Å². The van der Waals surface area contributed by atoms with Crippen molar-refractivity contribution in [2.24, 2.45) is 0 Å². The van der Waals surface area contributed by atoms with Crippen LogP contribution in [0.1, 0.15) is 30.9 Å². The third-order valence-electron chi connectivity index (χ3n) is 3.40. The number of benzene rings is 1. The summed E-state index contributed by atoms with van der Waals surface area (Å²) in [6.45, 7) is 2.03. The molecule has 0 aliphatic carbocycles. The summed E-state index contributed by atoms with van der Waals surface area (Å²) in [6.07, 6.45) is 2.34. The monoisotopic (exact) mass is 235 g/mol. The maximum Gasteiger partial charge on any atom is 0.118 e. The van der Waals surface area contributed by atoms with Crippen molar-refractivity contribution in [2.45, 2.75) is 25.3 Å². The van der Waals surface area contributed by atoms with Crippen LogP contribution in [-0.4, -0.2) is 24.2 Å². The summed E-state index contributed by atoms with van der Waals surface area (Å²) in [5.41, 5.74) is 0.962. The van der Waals surface area contributed by atoms with Gasteiger partial charge in [-0.15, -0.1) is 0 Å². The topological polar surface area (TPSA) is 64.8 Å². The first-order chi connectivity index (χ1) is 8.16. The molecule has 1 aliphatic rings. The summed E-state index contributed by atoms with van der Waals surface area (Å²) in [4.78, 5) is 12.1. The molecule has 0 spiro atoms. The molecule has 0 bridgehead atoms. The molecule has 17 heavy (non-hydrogen) atoms. The zero-order valence-corrected chi connectivity index (χ0v) is 9.69. The lowest BCUT2D eigenvalue weighted by atomic mass is 10.0. The number of phenolic OH excluding ortho intramolecular Hbond substituents is 1. The number of aromatic hydroxyl groups is 1. The normalized spacial score (nSPS) is 18.1. The van der Waals surface area contributed by atoms with Crippen molar-refractivity contribution in [2.75, 3.05) is 13.1 Å². The molecule has 2 N–H and O–H groups in total. The Balaban J connectivity index is 2.19. The predicted molar refractivity (Wildman–Crippen MR) is 60.4 cm³/mol. The fourth-order valence-corrected chi connectivity index (χ4v) is 2.55. The third kappa shape index (κ3) is 2.97. The van der Waals surface area contributed by atoms with Gasteiger partial charge in [0.15, 0.2) is 0 Å². The number of hydrogen-bond acceptors (Lipinski definition) is 3. The SMILES string of the molecule is O=C([O-])C[C@H](c1ccc(O)cc1)[NH+]1CCCC1. The summed E-state index contributed by atoms with van der Waals surface area (Å²) < 4.78 is 0. The van der Waals surface area contributed by atoms with E-state index < -0.39 is 5.97 Å². The minimum atomic E-state index is -1.01. The van der Waals surface area contributed by atoms with Crippen molar-refractivity contribution in [3.63, 3.8) is 0 Å². The van der Waals surface area contributed by atoms with Crippen LogP contribution >= 0.6 is 0 Å². The molecule has 1 aromatic rings. The van der Waals surface area contributed by atoms with E-state index >= 15 is 0 Å². The Hall–Kier alpha value is -1.55. The zero-order valence-electron chi connectivity index (χ0n) is 9.69. The number of aliphatic carboxylic acids is 1. The summed E-state index contributed by atoms with van der Waals surface area (Å²) in [5.74, 6) is -0.806. The Labute approximate surface area is 100 Å². The number of likely N-dealkylation sites (tertiary alicyclic amines) is 1. The van der Waals surface area contributed by atoms with E-state index in [0.29, 0.717) is 0 Å². The van der Waals surface area contributed by atoms with Crippen LogP contribution in [0.2, 0.25) is 0 Å². The van der Waals surface area contributed by atoms with Crippen LogP contribution < -0.4 is 10.0 Å². The van der Waals surface area contributed by atoms with Gasteiger partial charge in [-0.3, -0.25) is 0 Å². The number of phenols is 1. The lowest BCUT2D eigenvalue weighted by Gasteiger charge is -2.25. The highest BCUT2D eigenvalue weighted by atomic mass is 16.4. The summed E-state index contributed by atoms with van der Waals surface area (Å²) in [7, 11) is 0. The van der Waals surface area contributed by atoms with Crippen molar-refractivity contribution < 1.29 is 19.9 Å². The highest BCUT2D eigenvalue weighted by Gasteiger charge is 2.27. The van der Waals surface area contributed by atoms with Gasteiger partial charge < -0.3 is 19.9 Å². The van der Waals surface area contributed by atoms with E-state index in [-0.39, 0.29) is 18.2 Å². The minimum Gasteiger partial charge on any atom is -0.550 e. The van der Waals surface area contributed by atoms with Gasteiger partial charge in [-0.2, -0.15) is 0 Å². The van der Waals surface area contributed by atoms with Crippen LogP contribution in [0.5, 0.6) is 5.75 Å². The number of carboxylic acid groups (broad SMARTS) is 1. The third-order valence-corrected chi connectivity index (χ3v) is 3.40. The van der Waals surface area contributed by atoms with Crippen LogP contribution in [0.15, 0.2) is 24.3 Å². The maximum atomic E-state index is 10.8. The van der Waals surface area contributed by atoms with Gasteiger partial charge in [0.1, 0.15) is 11.8 Å². The van der Waals surface area contributed by atoms with E-state index in [9.17, 15) is 15.0 Å². The van der Waals surface area contributed by atoms with Crippen LogP contribution in [0, 0.1) is 0 Å². The van der Waals surface area contributed by atoms with Gasteiger partial charge in [0.25, 0.3) is 0 Å². The number of carboxylic acids is 1. The highest BCUT2D eigenvalue weighted by Crippen LogP contribution is 2.18. The fourth-order valence-electron chi connectivity index (χ4n) is 2.55. The van der Waals surface area contributed by atoms with Crippen LogP contribution in [0.25, 0.3) is 0 Å². The number of carbonyl (C=O) groups excluding carboxylic acids is 1. The zero-order chi connectivity index (χ0) is 12.3. The van der Waals surface area contributed by atoms with Gasteiger partial charge in [-0.05, 0) is 24.3 Å². The number of rotatable bonds is 4. The lowest BCUT2D eigenvalue weighted by molar-refractivity contribution is -0.919. The molecule has 0 unspecified atom stereocenters. The van der Waals surface area contributed by atoms with E-state index in [2.05, 4.69) is 0 Å². The number of quaternary nitrogens is 1. The second-order valence-corrected chi connectivity index (χ2v) is 4.59.